The number of quaternary nitrogens is 2. The summed E-state index contributed by atoms with van der Waals surface area (Å²) in [6.07, 6.45) is 15.0. The van der Waals surface area contributed by atoms with Crippen LogP contribution in [0.4, 0.5) is 0 Å². The van der Waals surface area contributed by atoms with Crippen LogP contribution in [0.15, 0.2) is 60.7 Å². The summed E-state index contributed by atoms with van der Waals surface area (Å²) in [4.78, 5) is 40.4. The van der Waals surface area contributed by atoms with Gasteiger partial charge in [0.25, 0.3) is 0 Å². The predicted molar refractivity (Wildman–Crippen MR) is 273 cm³/mol. The zero-order valence-electron chi connectivity index (χ0n) is 44.1. The molecule has 4 aromatic carbocycles. The number of hydrogen-bond donors (Lipinski definition) is 0. The summed E-state index contributed by atoms with van der Waals surface area (Å²) < 4.78 is 38.4. The van der Waals surface area contributed by atoms with E-state index in [-0.39, 0.29) is 32.3 Å². The molecular formula is C59H78N2O11. The van der Waals surface area contributed by atoms with Crippen molar-refractivity contribution in [3.05, 3.63) is 94.0 Å². The highest BCUT2D eigenvalue weighted by molar-refractivity contribution is 5.75. The second-order valence-electron chi connectivity index (χ2n) is 20.8. The molecule has 4 aromatic rings. The van der Waals surface area contributed by atoms with Crippen molar-refractivity contribution >= 4 is 17.9 Å². The number of unbranched alkanes of at least 4 members (excludes halogenated alkanes) is 10. The smallest absolute Gasteiger partial charge is 0.308 e. The molecule has 0 spiro atoms. The fourth-order valence-electron chi connectivity index (χ4n) is 12.0. The molecule has 6 unspecified atom stereocenters. The van der Waals surface area contributed by atoms with Crippen molar-refractivity contribution in [2.45, 2.75) is 161 Å². The van der Waals surface area contributed by atoms with Gasteiger partial charge in [0.2, 0.25) is 5.75 Å². The van der Waals surface area contributed by atoms with Gasteiger partial charge in [0.05, 0.1) is 66.0 Å². The average molecular weight is 991 g/mol. The molecule has 0 saturated heterocycles. The molecule has 4 heterocycles. The lowest BCUT2D eigenvalue weighted by atomic mass is 9.83. The highest BCUT2D eigenvalue weighted by Crippen LogP contribution is 2.55. The number of carboxylic acid groups (broad SMARTS) is 2. The maximum absolute atomic E-state index is 13.7. The van der Waals surface area contributed by atoms with Crippen molar-refractivity contribution in [3.8, 4) is 46.0 Å². The molecule has 4 aliphatic rings. The van der Waals surface area contributed by atoms with E-state index >= 15 is 0 Å². The van der Waals surface area contributed by atoms with Crippen LogP contribution in [0.1, 0.15) is 156 Å². The van der Waals surface area contributed by atoms with Crippen LogP contribution < -0.4 is 38.6 Å². The summed E-state index contributed by atoms with van der Waals surface area (Å²) in [5.41, 5.74) is 5.31. The van der Waals surface area contributed by atoms with Gasteiger partial charge in [-0.2, -0.15) is 0 Å². The quantitative estimate of drug-likeness (QED) is 0.0320. The van der Waals surface area contributed by atoms with Gasteiger partial charge in [0.15, 0.2) is 34.5 Å². The number of ether oxygens (including phenoxy) is 6. The van der Waals surface area contributed by atoms with E-state index in [1.54, 1.807) is 14.2 Å². The molecule has 0 aliphatic carbocycles. The van der Waals surface area contributed by atoms with Crippen molar-refractivity contribution in [2.75, 3.05) is 48.5 Å². The van der Waals surface area contributed by atoms with E-state index in [9.17, 15) is 24.6 Å². The lowest BCUT2D eigenvalue weighted by molar-refractivity contribution is -0.958. The second kappa shape index (κ2) is 24.3. The van der Waals surface area contributed by atoms with Crippen molar-refractivity contribution in [1.82, 2.24) is 0 Å². The third-order valence-electron chi connectivity index (χ3n) is 16.1. The van der Waals surface area contributed by atoms with Crippen LogP contribution >= 0.6 is 0 Å². The molecule has 4 aliphatic heterocycles. The molecule has 13 heteroatoms. The molecule has 72 heavy (non-hydrogen) atoms. The Labute approximate surface area is 427 Å². The standard InChI is InChI=1S/C59H78N2O11/c1-9-11-13-15-17-19-21-46(58(63)64)60(4)31-29-42-36-51(68-7)53-38-45(42)48(60)33-40-23-26-44(27-24-40)71-52-35-41(25-28-50(52)67-6)34-49-55-43(37-54(69-8)56(57(55)72-53)70-39(3)62)30-32-61(49,5)47(59(65)66)22-20-18-16-14-12-10-2/h23-28,35-38,46-49H,9-22,29-34H2,1-8H3. The lowest BCUT2D eigenvalue weighted by Crippen LogP contribution is -2.63. The molecular weight excluding hydrogens is 913 g/mol. The third-order valence-corrected chi connectivity index (χ3v) is 16.1. The Morgan fingerprint density at radius 1 is 0.611 bits per heavy atom. The van der Waals surface area contributed by atoms with Gasteiger partial charge in [-0.3, -0.25) is 4.79 Å². The fourth-order valence-corrected chi connectivity index (χ4v) is 12.0. The number of carbonyl (C=O) groups is 3. The first-order valence-corrected chi connectivity index (χ1v) is 26.5. The van der Waals surface area contributed by atoms with Crippen molar-refractivity contribution in [2.24, 2.45) is 0 Å². The normalized spacial score (nSPS) is 20.9. The number of rotatable bonds is 22. The molecule has 0 saturated carbocycles. The van der Waals surface area contributed by atoms with Crippen LogP contribution in [0.2, 0.25) is 0 Å². The Kier molecular flexibility index (Phi) is 18.2. The van der Waals surface area contributed by atoms with E-state index in [1.165, 1.54) is 14.0 Å². The fraction of sp³-hybridized carbons (Fsp3) is 0.542. The van der Waals surface area contributed by atoms with Crippen LogP contribution in [0.25, 0.3) is 0 Å². The molecule has 0 amide bonds. The minimum Gasteiger partial charge on any atom is -0.544 e. The highest BCUT2D eigenvalue weighted by atomic mass is 16.6. The van der Waals surface area contributed by atoms with E-state index in [4.69, 9.17) is 28.4 Å². The molecule has 6 bridgehead atoms. The van der Waals surface area contributed by atoms with Crippen LogP contribution in [0.3, 0.4) is 0 Å². The van der Waals surface area contributed by atoms with Crippen molar-refractivity contribution in [3.63, 3.8) is 0 Å². The number of carboxylic acids is 2. The topological polar surface area (TPSA) is 153 Å². The Balaban J connectivity index is 1.47. The molecule has 0 N–H and O–H groups in total. The summed E-state index contributed by atoms with van der Waals surface area (Å²) in [6, 6.07) is 16.9. The van der Waals surface area contributed by atoms with Crippen LogP contribution in [0.5, 0.6) is 46.0 Å². The Morgan fingerprint density at radius 2 is 1.12 bits per heavy atom. The largest absolute Gasteiger partial charge is 0.544 e. The third kappa shape index (κ3) is 11.8. The van der Waals surface area contributed by atoms with E-state index in [1.807, 2.05) is 67.7 Å². The summed E-state index contributed by atoms with van der Waals surface area (Å²) in [5, 5.41) is 27.2. The SMILES string of the molecule is CCCCCCCCC(C(=O)[O-])[N+]1(C)CCc2cc(OC)c3cc2C1Cc1ccc(cc1)Oc1cc(ccc1OC)CC1c2c(cc(OC)c(OC(C)=O)c2O3)CC[N+]1(C)C(CCCCCCCC)C(=O)[O-]. The summed E-state index contributed by atoms with van der Waals surface area (Å²) in [6.45, 7) is 6.71. The van der Waals surface area contributed by atoms with E-state index in [0.29, 0.717) is 85.9 Å². The molecule has 390 valence electrons. The summed E-state index contributed by atoms with van der Waals surface area (Å²) in [5.74, 6) is 0.137. The van der Waals surface area contributed by atoms with Gasteiger partial charge in [-0.05, 0) is 77.6 Å². The van der Waals surface area contributed by atoms with Gasteiger partial charge < -0.3 is 57.2 Å². The predicted octanol–water partition coefficient (Wildman–Crippen LogP) is 9.85. The summed E-state index contributed by atoms with van der Waals surface area (Å²) >= 11 is 0. The maximum atomic E-state index is 13.7. The van der Waals surface area contributed by atoms with Crippen molar-refractivity contribution in [1.29, 1.82) is 0 Å². The first-order valence-electron chi connectivity index (χ1n) is 26.5. The van der Waals surface area contributed by atoms with E-state index in [0.717, 1.165) is 105 Å². The summed E-state index contributed by atoms with van der Waals surface area (Å²) in [7, 11) is 8.75. The first kappa shape index (κ1) is 54.0. The van der Waals surface area contributed by atoms with Crippen LogP contribution in [-0.4, -0.2) is 87.5 Å². The molecule has 13 nitrogen and oxygen atoms in total. The minimum absolute atomic E-state index is 0.0590. The zero-order valence-corrected chi connectivity index (χ0v) is 44.1. The number of carbonyl (C=O) groups excluding carboxylic acids is 3. The monoisotopic (exact) mass is 991 g/mol. The number of benzene rings is 4. The number of esters is 1. The maximum Gasteiger partial charge on any atom is 0.308 e. The molecule has 6 atom stereocenters. The van der Waals surface area contributed by atoms with Crippen LogP contribution in [-0.2, 0) is 40.1 Å². The van der Waals surface area contributed by atoms with Gasteiger partial charge in [0.1, 0.15) is 29.9 Å². The van der Waals surface area contributed by atoms with E-state index < -0.39 is 36.0 Å². The number of hydrogen-bond acceptors (Lipinski definition) is 11. The number of methoxy groups -OCH3 is 3. The van der Waals surface area contributed by atoms with Gasteiger partial charge in [-0.1, -0.05) is 96.3 Å². The first-order chi connectivity index (χ1) is 34.7. The molecule has 0 fully saturated rings. The molecule has 0 aromatic heterocycles. The van der Waals surface area contributed by atoms with Gasteiger partial charge in [-0.15, -0.1) is 0 Å². The van der Waals surface area contributed by atoms with Gasteiger partial charge in [0, 0.05) is 51.0 Å². The lowest BCUT2D eigenvalue weighted by Gasteiger charge is -2.51. The highest BCUT2D eigenvalue weighted by Gasteiger charge is 2.49. The zero-order chi connectivity index (χ0) is 51.6. The van der Waals surface area contributed by atoms with Gasteiger partial charge in [-0.25, -0.2) is 0 Å². The van der Waals surface area contributed by atoms with Gasteiger partial charge >= 0.3 is 5.97 Å². The number of aliphatic carboxylic acids is 2. The Hall–Kier alpha value is -5.79. The Bertz CT molecular complexity index is 2530. The Morgan fingerprint density at radius 3 is 1.69 bits per heavy atom. The van der Waals surface area contributed by atoms with Crippen molar-refractivity contribution < 1.29 is 62.0 Å². The average Bonchev–Trinajstić information content (AvgIpc) is 3.35. The second-order valence-corrected chi connectivity index (χ2v) is 20.8. The molecule has 0 radical (unpaired) electrons. The number of nitrogens with zero attached hydrogens (tertiary/aromatic N) is 2. The van der Waals surface area contributed by atoms with E-state index in [2.05, 4.69) is 20.9 Å². The molecule has 8 rings (SSSR count). The number of fused-ring (bicyclic) bond motifs is 2. The minimum atomic E-state index is -1.12. The van der Waals surface area contributed by atoms with Crippen LogP contribution in [0, 0.1) is 0 Å². The number of likely N-dealkylation sites (N-methyl/N-ethyl adjacent to an activating group) is 2.